The van der Waals surface area contributed by atoms with Crippen LogP contribution in [0.3, 0.4) is 0 Å². The number of hydrogen-bond acceptors (Lipinski definition) is 12. The highest BCUT2D eigenvalue weighted by Gasteiger charge is 2.11. The van der Waals surface area contributed by atoms with Crippen molar-refractivity contribution in [1.82, 2.24) is 58.7 Å². The van der Waals surface area contributed by atoms with Crippen molar-refractivity contribution >= 4 is 34.0 Å². The van der Waals surface area contributed by atoms with E-state index >= 15 is 0 Å². The van der Waals surface area contributed by atoms with Gasteiger partial charge in [0.15, 0.2) is 17.5 Å². The summed E-state index contributed by atoms with van der Waals surface area (Å²) in [4.78, 5) is 46.2. The number of rotatable bonds is 4. The first-order chi connectivity index (χ1) is 23.3. The minimum atomic E-state index is -0.379. The van der Waals surface area contributed by atoms with Gasteiger partial charge in [0.05, 0.1) is 23.8 Å². The third-order valence-electron chi connectivity index (χ3n) is 5.71. The van der Waals surface area contributed by atoms with Crippen LogP contribution in [-0.2, 0) is 0 Å². The van der Waals surface area contributed by atoms with Gasteiger partial charge in [-0.2, -0.15) is 38.7 Å². The minimum Gasteiger partial charge on any atom is -0.333 e. The lowest BCUT2D eigenvalue weighted by atomic mass is 10.4. The summed E-state index contributed by atoms with van der Waals surface area (Å²) < 4.78 is 7.18. The van der Waals surface area contributed by atoms with E-state index in [9.17, 15) is 14.4 Å². The molecule has 49 heavy (non-hydrogen) atoms. The van der Waals surface area contributed by atoms with Gasteiger partial charge in [-0.05, 0) is 107 Å². The number of nitrogen functional groups attached to an aromatic ring is 1. The average molecular weight is 782 g/mol. The molecule has 6 rings (SSSR count). The molecule has 0 amide bonds. The third kappa shape index (κ3) is 10.8. The summed E-state index contributed by atoms with van der Waals surface area (Å²) in [6.07, 6.45) is 9.99. The van der Waals surface area contributed by atoms with Crippen LogP contribution in [0.1, 0.15) is 45.2 Å². The predicted molar refractivity (Wildman–Crippen MR) is 194 cm³/mol. The summed E-state index contributed by atoms with van der Waals surface area (Å²) in [5, 5.41) is 22.2. The van der Waals surface area contributed by atoms with Crippen LogP contribution in [-0.4, -0.2) is 70.2 Å². The Balaban J connectivity index is 0.000000185. The Morgan fingerprint density at radius 2 is 1.18 bits per heavy atom. The van der Waals surface area contributed by atoms with Crippen LogP contribution in [0.25, 0.3) is 11.4 Å². The molecule has 6 heterocycles. The monoisotopic (exact) mass is 781 g/mol. The molecule has 0 aliphatic heterocycles. The number of nitrogens with one attached hydrogen (secondary N) is 1. The van der Waals surface area contributed by atoms with Gasteiger partial charge in [0, 0.05) is 39.8 Å². The summed E-state index contributed by atoms with van der Waals surface area (Å²) >= 11 is 2.22. The molecule has 0 radical (unpaired) electrons. The van der Waals surface area contributed by atoms with E-state index in [-0.39, 0.29) is 17.1 Å². The zero-order valence-corrected chi connectivity index (χ0v) is 30.1. The Morgan fingerprint density at radius 1 is 0.694 bits per heavy atom. The number of aromatic nitrogens is 12. The van der Waals surface area contributed by atoms with Crippen LogP contribution < -0.4 is 22.9 Å². The van der Waals surface area contributed by atoms with Gasteiger partial charge in [0.25, 0.3) is 0 Å². The summed E-state index contributed by atoms with van der Waals surface area (Å²) in [5.74, 6) is 7.01. The van der Waals surface area contributed by atoms with Gasteiger partial charge in [-0.1, -0.05) is 0 Å². The zero-order chi connectivity index (χ0) is 36.1. The number of H-pyrrole nitrogens is 1. The fourth-order valence-corrected chi connectivity index (χ4v) is 3.94. The van der Waals surface area contributed by atoms with E-state index < -0.39 is 0 Å². The zero-order valence-electron chi connectivity index (χ0n) is 27.9. The average Bonchev–Trinajstić information content (AvgIpc) is 3.65. The Labute approximate surface area is 293 Å². The second kappa shape index (κ2) is 17.9. The summed E-state index contributed by atoms with van der Waals surface area (Å²) in [6, 6.07) is 10.9. The molecular formula is C30H36IN15O3. The Bertz CT molecular complexity index is 2170. The van der Waals surface area contributed by atoms with Gasteiger partial charge in [-0.25, -0.2) is 19.5 Å². The number of aryl methyl sites for hydroxylation is 3. The lowest BCUT2D eigenvalue weighted by Crippen LogP contribution is -2.29. The topological polar surface area (TPSA) is 220 Å². The molecule has 0 aliphatic carbocycles. The number of aromatic amines is 1. The fraction of sp³-hybridized carbons (Fsp3) is 0.233. The molecule has 6 aromatic rings. The molecule has 6 aromatic heterocycles. The first kappa shape index (κ1) is 37.6. The first-order valence-electron chi connectivity index (χ1n) is 14.5. The molecule has 0 saturated carbocycles. The van der Waals surface area contributed by atoms with Gasteiger partial charge in [0.1, 0.15) is 0 Å². The SMILES string of the molecule is CC(C)=Nn1c(C)n[nH]c1=O.CC(C)=Nn1c(C)nn(-c2cccnc2)c1=O.Cc1nn(-c2cccnc2)c(=O)n1N.Ic1cccnc1. The molecule has 0 aromatic carbocycles. The van der Waals surface area contributed by atoms with E-state index in [1.54, 1.807) is 76.0 Å². The van der Waals surface area contributed by atoms with Gasteiger partial charge in [0.2, 0.25) is 0 Å². The summed E-state index contributed by atoms with van der Waals surface area (Å²) in [7, 11) is 0. The van der Waals surface area contributed by atoms with Crippen LogP contribution in [0.4, 0.5) is 0 Å². The molecule has 19 heteroatoms. The van der Waals surface area contributed by atoms with E-state index in [2.05, 4.69) is 68.1 Å². The number of hydrogen-bond donors (Lipinski definition) is 2. The number of nitrogens with two attached hydrogens (primary N) is 1. The summed E-state index contributed by atoms with van der Waals surface area (Å²) in [6.45, 7) is 12.4. The normalized spacial score (nSPS) is 9.96. The maximum Gasteiger partial charge on any atom is 0.371 e. The molecule has 18 nitrogen and oxygen atoms in total. The second-order valence-electron chi connectivity index (χ2n) is 10.2. The largest absolute Gasteiger partial charge is 0.371 e. The number of halogens is 1. The van der Waals surface area contributed by atoms with Crippen molar-refractivity contribution in [2.75, 3.05) is 5.84 Å². The smallest absolute Gasteiger partial charge is 0.333 e. The van der Waals surface area contributed by atoms with Crippen molar-refractivity contribution in [3.63, 3.8) is 0 Å². The number of nitrogens with zero attached hydrogens (tertiary/aromatic N) is 13. The van der Waals surface area contributed by atoms with E-state index in [1.807, 2.05) is 46.0 Å². The fourth-order valence-electron chi connectivity index (χ4n) is 3.57. The Morgan fingerprint density at radius 3 is 1.55 bits per heavy atom. The molecule has 256 valence electrons. The van der Waals surface area contributed by atoms with E-state index in [4.69, 9.17) is 5.84 Å². The Hall–Kier alpha value is -5.86. The highest BCUT2D eigenvalue weighted by Crippen LogP contribution is 2.02. The van der Waals surface area contributed by atoms with Gasteiger partial charge < -0.3 is 5.84 Å². The molecule has 3 N–H and O–H groups in total. The van der Waals surface area contributed by atoms with E-state index in [0.717, 1.165) is 16.1 Å². The lowest BCUT2D eigenvalue weighted by Gasteiger charge is -1.96. The molecule has 0 unspecified atom stereocenters. The first-order valence-corrected chi connectivity index (χ1v) is 15.5. The molecule has 0 atom stereocenters. The van der Waals surface area contributed by atoms with Gasteiger partial charge in [-0.15, -0.1) is 10.2 Å². The molecule has 0 fully saturated rings. The third-order valence-corrected chi connectivity index (χ3v) is 6.35. The quantitative estimate of drug-likeness (QED) is 0.151. The molecule has 0 aliphatic rings. The number of pyridine rings is 3. The summed E-state index contributed by atoms with van der Waals surface area (Å²) in [5.41, 5.74) is 1.86. The molecule has 0 spiro atoms. The second-order valence-corrected chi connectivity index (χ2v) is 11.5. The van der Waals surface area contributed by atoms with Crippen LogP contribution in [0.2, 0.25) is 0 Å². The molecule has 0 saturated heterocycles. The maximum atomic E-state index is 12.1. The van der Waals surface area contributed by atoms with Crippen molar-refractivity contribution in [1.29, 1.82) is 0 Å². The highest BCUT2D eigenvalue weighted by molar-refractivity contribution is 14.1. The van der Waals surface area contributed by atoms with Crippen molar-refractivity contribution in [3.05, 3.63) is 126 Å². The maximum absolute atomic E-state index is 12.1. The predicted octanol–water partition coefficient (Wildman–Crippen LogP) is 2.24. The van der Waals surface area contributed by atoms with Crippen molar-refractivity contribution in [2.45, 2.75) is 48.5 Å². The van der Waals surface area contributed by atoms with Crippen LogP contribution in [0.15, 0.2) is 98.2 Å². The van der Waals surface area contributed by atoms with E-state index in [1.165, 1.54) is 22.3 Å². The molecular weight excluding hydrogens is 745 g/mol. The van der Waals surface area contributed by atoms with Crippen LogP contribution in [0, 0.1) is 24.3 Å². The van der Waals surface area contributed by atoms with Crippen molar-refractivity contribution < 1.29 is 0 Å². The van der Waals surface area contributed by atoms with Crippen molar-refractivity contribution in [3.8, 4) is 11.4 Å². The van der Waals surface area contributed by atoms with Crippen LogP contribution >= 0.6 is 22.6 Å². The minimum absolute atomic E-state index is 0.295. The molecule has 0 bridgehead atoms. The Kier molecular flexibility index (Phi) is 13.7. The van der Waals surface area contributed by atoms with Crippen molar-refractivity contribution in [2.24, 2.45) is 10.2 Å². The van der Waals surface area contributed by atoms with E-state index in [0.29, 0.717) is 28.8 Å². The van der Waals surface area contributed by atoms with Gasteiger partial charge in [-0.3, -0.25) is 15.0 Å². The van der Waals surface area contributed by atoms with Crippen LogP contribution in [0.5, 0.6) is 0 Å². The van der Waals surface area contributed by atoms with Gasteiger partial charge >= 0.3 is 17.1 Å². The highest BCUT2D eigenvalue weighted by atomic mass is 127. The standard InChI is InChI=1S/C11H13N5O.C8H9N5O.C6H10N4O.C5H4IN/c1-8(2)13-15-9(3)14-16(11(15)17)10-5-4-6-12-7-10;1-6-11-13(8(14)12(6)9)7-3-2-4-10-5-7;1-4(2)9-10-5(3)7-8-6(10)11;6-5-2-1-3-7-4-5/h4-7H,1-3H3;2-5H,9H2,1H3;1-3H3,(H,8,11);1-4H. The lowest BCUT2D eigenvalue weighted by molar-refractivity contribution is 0.772.